The smallest absolute Gasteiger partial charge is 0.297 e. The van der Waals surface area contributed by atoms with Gasteiger partial charge in [-0.05, 0) is 51.3 Å². The molecule has 1 aromatic carbocycles. The number of carbonyl (C=O) groups is 1. The fourth-order valence-corrected chi connectivity index (χ4v) is 4.49. The molecule has 0 saturated heterocycles. The summed E-state index contributed by atoms with van der Waals surface area (Å²) >= 11 is 3.23. The summed E-state index contributed by atoms with van der Waals surface area (Å²) in [5, 5.41) is 4.35. The minimum Gasteiger partial charge on any atom is -0.380 e. The zero-order valence-corrected chi connectivity index (χ0v) is 17.7. The van der Waals surface area contributed by atoms with Crippen molar-refractivity contribution in [3.63, 3.8) is 0 Å². The second-order valence-corrected chi connectivity index (χ2v) is 7.86. The highest BCUT2D eigenvalue weighted by molar-refractivity contribution is 7.98. The number of aryl methyl sites for hydroxylation is 2. The Bertz CT molecular complexity index is 1020. The summed E-state index contributed by atoms with van der Waals surface area (Å²) < 4.78 is 10.4. The van der Waals surface area contributed by atoms with Crippen LogP contribution < -0.4 is 4.80 Å². The van der Waals surface area contributed by atoms with Crippen LogP contribution in [-0.4, -0.2) is 39.7 Å². The van der Waals surface area contributed by atoms with Gasteiger partial charge in [0.2, 0.25) is 0 Å². The van der Waals surface area contributed by atoms with E-state index in [0.29, 0.717) is 36.8 Å². The largest absolute Gasteiger partial charge is 0.380 e. The molecular formula is C19H24N4O2S2. The first-order valence-electron chi connectivity index (χ1n) is 8.96. The van der Waals surface area contributed by atoms with E-state index in [-0.39, 0.29) is 5.91 Å². The van der Waals surface area contributed by atoms with Crippen LogP contribution in [0.15, 0.2) is 34.2 Å². The van der Waals surface area contributed by atoms with Gasteiger partial charge in [-0.25, -0.2) is 0 Å². The van der Waals surface area contributed by atoms with Crippen molar-refractivity contribution < 1.29 is 9.53 Å². The lowest BCUT2D eigenvalue weighted by Gasteiger charge is -2.06. The van der Waals surface area contributed by atoms with Crippen LogP contribution in [-0.2, 0) is 17.8 Å². The molecule has 0 fully saturated rings. The molecule has 3 rings (SSSR count). The van der Waals surface area contributed by atoms with E-state index in [1.165, 1.54) is 16.2 Å². The summed E-state index contributed by atoms with van der Waals surface area (Å²) in [6.07, 6.45) is 2.06. The molecule has 0 aliphatic rings. The van der Waals surface area contributed by atoms with E-state index in [2.05, 4.69) is 39.1 Å². The lowest BCUT2D eigenvalue weighted by Crippen LogP contribution is -2.20. The summed E-state index contributed by atoms with van der Waals surface area (Å²) in [5.74, 6) is -0.265. The maximum absolute atomic E-state index is 12.8. The van der Waals surface area contributed by atoms with E-state index >= 15 is 0 Å². The van der Waals surface area contributed by atoms with Crippen molar-refractivity contribution in [1.29, 1.82) is 0 Å². The van der Waals surface area contributed by atoms with Crippen LogP contribution in [0.5, 0.6) is 0 Å². The van der Waals surface area contributed by atoms with Crippen molar-refractivity contribution in [2.75, 3.05) is 19.5 Å². The zero-order chi connectivity index (χ0) is 19.4. The van der Waals surface area contributed by atoms with E-state index in [0.717, 1.165) is 15.9 Å². The standard InChI is InChI=1S/C19H24N4O2S2/c1-5-23-16(11-13(3)21-23)18(24)20-19-22(9-10-25-6-2)15-8-7-14(26-4)12-17(15)27-19/h7-8,11-12H,5-6,9-10H2,1-4H3. The Balaban J connectivity index is 2.08. The topological polar surface area (TPSA) is 61.4 Å². The number of aromatic nitrogens is 3. The van der Waals surface area contributed by atoms with Gasteiger partial charge >= 0.3 is 0 Å². The monoisotopic (exact) mass is 404 g/mol. The minimum atomic E-state index is -0.265. The van der Waals surface area contributed by atoms with E-state index in [9.17, 15) is 4.79 Å². The van der Waals surface area contributed by atoms with Crippen molar-refractivity contribution in [2.24, 2.45) is 4.99 Å². The van der Waals surface area contributed by atoms with E-state index in [1.807, 2.05) is 20.8 Å². The molecule has 0 unspecified atom stereocenters. The van der Waals surface area contributed by atoms with Gasteiger partial charge < -0.3 is 9.30 Å². The van der Waals surface area contributed by atoms with E-state index < -0.39 is 0 Å². The molecule has 0 saturated carbocycles. The van der Waals surface area contributed by atoms with Gasteiger partial charge in [0.1, 0.15) is 5.69 Å². The average molecular weight is 405 g/mol. The van der Waals surface area contributed by atoms with Crippen LogP contribution in [0, 0.1) is 6.92 Å². The summed E-state index contributed by atoms with van der Waals surface area (Å²) in [6.45, 7) is 8.37. The highest BCUT2D eigenvalue weighted by Crippen LogP contribution is 2.24. The third-order valence-corrected chi connectivity index (χ3v) is 5.94. The van der Waals surface area contributed by atoms with Gasteiger partial charge in [-0.15, -0.1) is 11.8 Å². The Morgan fingerprint density at radius 3 is 2.85 bits per heavy atom. The van der Waals surface area contributed by atoms with Gasteiger partial charge in [0.05, 0.1) is 22.5 Å². The van der Waals surface area contributed by atoms with Gasteiger partial charge in [-0.2, -0.15) is 10.1 Å². The normalized spacial score (nSPS) is 12.2. The van der Waals surface area contributed by atoms with Crippen molar-refractivity contribution in [2.45, 2.75) is 38.8 Å². The number of hydrogen-bond donors (Lipinski definition) is 0. The maximum atomic E-state index is 12.8. The lowest BCUT2D eigenvalue weighted by molar-refractivity contribution is 0.0986. The van der Waals surface area contributed by atoms with Crippen molar-refractivity contribution in [3.05, 3.63) is 40.5 Å². The number of hydrogen-bond acceptors (Lipinski definition) is 5. The predicted octanol–water partition coefficient (Wildman–Crippen LogP) is 3.73. The first kappa shape index (κ1) is 19.9. The van der Waals surface area contributed by atoms with Gasteiger partial charge in [0, 0.05) is 24.6 Å². The minimum absolute atomic E-state index is 0.265. The highest BCUT2D eigenvalue weighted by atomic mass is 32.2. The Hall–Kier alpha value is -1.90. The van der Waals surface area contributed by atoms with Gasteiger partial charge in [-0.1, -0.05) is 11.3 Å². The van der Waals surface area contributed by atoms with Gasteiger partial charge in [0.25, 0.3) is 5.91 Å². The SMILES string of the molecule is CCOCCn1c(=NC(=O)c2cc(C)nn2CC)sc2cc(SC)ccc21. The van der Waals surface area contributed by atoms with Crippen LogP contribution >= 0.6 is 23.1 Å². The Morgan fingerprint density at radius 1 is 1.33 bits per heavy atom. The molecule has 6 nitrogen and oxygen atoms in total. The molecule has 0 aliphatic heterocycles. The van der Waals surface area contributed by atoms with E-state index in [1.54, 1.807) is 22.5 Å². The molecule has 2 aromatic heterocycles. The molecule has 0 radical (unpaired) electrons. The predicted molar refractivity (Wildman–Crippen MR) is 111 cm³/mol. The van der Waals surface area contributed by atoms with Gasteiger partial charge in [-0.3, -0.25) is 9.48 Å². The third-order valence-electron chi connectivity index (χ3n) is 4.17. The van der Waals surface area contributed by atoms with Crippen LogP contribution in [0.1, 0.15) is 30.0 Å². The summed E-state index contributed by atoms with van der Waals surface area (Å²) in [4.78, 5) is 19.1. The number of thioether (sulfide) groups is 1. The number of rotatable bonds is 7. The summed E-state index contributed by atoms with van der Waals surface area (Å²) in [7, 11) is 0. The zero-order valence-electron chi connectivity index (χ0n) is 16.1. The van der Waals surface area contributed by atoms with Crippen LogP contribution in [0.4, 0.5) is 0 Å². The Labute approximate surface area is 166 Å². The van der Waals surface area contributed by atoms with Crippen molar-refractivity contribution >= 4 is 39.2 Å². The molecule has 8 heteroatoms. The fourth-order valence-electron chi connectivity index (χ4n) is 2.88. The molecule has 0 atom stereocenters. The number of benzene rings is 1. The van der Waals surface area contributed by atoms with Crippen molar-refractivity contribution in [1.82, 2.24) is 14.3 Å². The number of carbonyl (C=O) groups excluding carboxylic acids is 1. The molecule has 0 N–H and O–H groups in total. The number of nitrogens with zero attached hydrogens (tertiary/aromatic N) is 4. The first-order valence-corrected chi connectivity index (χ1v) is 11.0. The number of ether oxygens (including phenoxy) is 1. The summed E-state index contributed by atoms with van der Waals surface area (Å²) in [5.41, 5.74) is 2.42. The molecule has 27 heavy (non-hydrogen) atoms. The van der Waals surface area contributed by atoms with Crippen LogP contribution in [0.3, 0.4) is 0 Å². The van der Waals surface area contributed by atoms with Crippen LogP contribution in [0.25, 0.3) is 10.2 Å². The van der Waals surface area contributed by atoms with Crippen molar-refractivity contribution in [3.8, 4) is 0 Å². The fraction of sp³-hybridized carbons (Fsp3) is 0.421. The van der Waals surface area contributed by atoms with E-state index in [4.69, 9.17) is 4.74 Å². The number of thiazole rings is 1. The van der Waals surface area contributed by atoms with Gasteiger partial charge in [0.15, 0.2) is 4.80 Å². The third kappa shape index (κ3) is 4.34. The second-order valence-electron chi connectivity index (χ2n) is 5.97. The summed E-state index contributed by atoms with van der Waals surface area (Å²) in [6, 6.07) is 8.12. The second kappa shape index (κ2) is 8.86. The quantitative estimate of drug-likeness (QED) is 0.445. The average Bonchev–Trinajstić information content (AvgIpc) is 3.21. The molecule has 2 heterocycles. The number of amides is 1. The lowest BCUT2D eigenvalue weighted by atomic mass is 10.3. The first-order chi connectivity index (χ1) is 13.1. The molecule has 0 spiro atoms. The highest BCUT2D eigenvalue weighted by Gasteiger charge is 2.14. The van der Waals surface area contributed by atoms with Crippen LogP contribution in [0.2, 0.25) is 0 Å². The molecule has 3 aromatic rings. The Kier molecular flexibility index (Phi) is 6.51. The number of fused-ring (bicyclic) bond motifs is 1. The molecule has 1 amide bonds. The molecule has 0 bridgehead atoms. The molecular weight excluding hydrogens is 380 g/mol. The maximum Gasteiger partial charge on any atom is 0.297 e. The Morgan fingerprint density at radius 2 is 2.15 bits per heavy atom. The molecule has 0 aliphatic carbocycles. The molecule has 144 valence electrons.